The fourth-order valence-electron chi connectivity index (χ4n) is 10.7. The number of fused-ring (bicyclic) bond motifs is 1. The second-order valence-electron chi connectivity index (χ2n) is 28.6. The Morgan fingerprint density at radius 1 is 0.602 bits per heavy atom. The van der Waals surface area contributed by atoms with Gasteiger partial charge in [0.05, 0.1) is 68.4 Å². The Labute approximate surface area is 573 Å². The Morgan fingerprint density at radius 2 is 1.16 bits per heavy atom. The van der Waals surface area contributed by atoms with Gasteiger partial charge in [0, 0.05) is 70.9 Å². The maximum atomic E-state index is 15.0. The number of nitrogens with zero attached hydrogens (tertiary/aromatic N) is 6. The molecule has 0 saturated carbocycles. The molecule has 98 heavy (non-hydrogen) atoms. The summed E-state index contributed by atoms with van der Waals surface area (Å²) in [6.45, 7) is 25.0. The van der Waals surface area contributed by atoms with Crippen molar-refractivity contribution >= 4 is 65.0 Å². The third kappa shape index (κ3) is 25.8. The lowest BCUT2D eigenvalue weighted by atomic mass is 9.95. The van der Waals surface area contributed by atoms with Gasteiger partial charge in [0.15, 0.2) is 5.65 Å². The number of furan rings is 1. The molecule has 1 fully saturated rings. The summed E-state index contributed by atoms with van der Waals surface area (Å²) < 4.78 is 41.9. The van der Waals surface area contributed by atoms with E-state index in [9.17, 15) is 43.2 Å². The number of carbonyl (C=O) groups excluding carboxylic acids is 10. The second-order valence-corrected chi connectivity index (χ2v) is 28.6. The minimum absolute atomic E-state index is 0.0446. The zero-order valence-corrected chi connectivity index (χ0v) is 59.4. The van der Waals surface area contributed by atoms with Crippen LogP contribution >= 0.6 is 0 Å². The zero-order valence-electron chi connectivity index (χ0n) is 59.4. The van der Waals surface area contributed by atoms with Crippen molar-refractivity contribution in [2.24, 2.45) is 11.8 Å². The van der Waals surface area contributed by atoms with Gasteiger partial charge in [0.1, 0.15) is 57.8 Å². The first kappa shape index (κ1) is 78.0. The predicted molar refractivity (Wildman–Crippen MR) is 362 cm³/mol. The van der Waals surface area contributed by atoms with Crippen LogP contribution in [-0.2, 0) is 79.7 Å². The van der Waals surface area contributed by atoms with E-state index in [1.54, 1.807) is 117 Å². The molecule has 5 amide bonds. The van der Waals surface area contributed by atoms with Gasteiger partial charge in [0.25, 0.3) is 0 Å². The first-order chi connectivity index (χ1) is 45.9. The van der Waals surface area contributed by atoms with E-state index in [2.05, 4.69) is 20.9 Å². The average molecular weight is 1360 g/mol. The number of hydrogen-bond acceptors (Lipinski definition) is 20. The van der Waals surface area contributed by atoms with E-state index in [1.165, 1.54) is 25.8 Å². The predicted octanol–water partition coefficient (Wildman–Crippen LogP) is 7.77. The van der Waals surface area contributed by atoms with Gasteiger partial charge in [-0.15, -0.1) is 0 Å². The zero-order chi connectivity index (χ0) is 72.3. The number of Topliss-reactive ketones (excluding diaryl/α,β-unsaturated/α-hetero) is 1. The van der Waals surface area contributed by atoms with Crippen molar-refractivity contribution in [2.75, 3.05) is 59.5 Å². The van der Waals surface area contributed by atoms with Crippen LogP contribution in [0.2, 0.25) is 0 Å². The molecule has 26 nitrogen and oxygen atoms in total. The standard InChI is InChI=1S/C72H99N9O17/c1-46(82)39-50(41-57(83)95-69(3,4)5)62(86)77-60(47(2)67(90)98-72(12,13)14)64(88)75-53(43-58(84)96-70(6,7)8)63(87)76-54(44-59(85)97-71(9,10)11)65(89)78(15)30-23-32-80(33-24-31-79-34-37-92-38-35-79)68(91)94-66-55(42-51-29-22-36-93-51)74-61-52(40-48-25-18-16-19-26-48)73-56(45-81(61)66)49-27-20-17-21-28-49/h16-22,25-29,36,45,47,50,53-54,60H,23-24,30-35,37-44H2,1-15H3,(H,75,88)(H,76,87)(H,77,86). The molecule has 1 saturated heterocycles. The molecule has 1 aliphatic rings. The SMILES string of the molecule is CC(=O)CC(CC(=O)OC(C)(C)C)C(=O)NC(C(=O)NC(CC(=O)OC(C)(C)C)C(=O)NC(CC(=O)OC(C)(C)C)C(=O)N(C)CCCN(CCCN1CCOCC1)C(=O)Oc1c(Cc2ccco2)nc2c(Cc3ccccc3)nc(-c3ccccc3)cn12)C(C)C(=O)OC(C)(C)C. The fraction of sp³-hybridized carbons (Fsp3) is 0.556. The number of ether oxygens (including phenoxy) is 6. The fourth-order valence-corrected chi connectivity index (χ4v) is 10.7. The first-order valence-corrected chi connectivity index (χ1v) is 33.2. The minimum atomic E-state index is -1.92. The van der Waals surface area contributed by atoms with Gasteiger partial charge in [-0.05, 0) is 127 Å². The topological polar surface area (TPSA) is 315 Å². The summed E-state index contributed by atoms with van der Waals surface area (Å²) in [5.41, 5.74) is -0.288. The van der Waals surface area contributed by atoms with Crippen LogP contribution < -0.4 is 20.7 Å². The number of amides is 5. The lowest BCUT2D eigenvalue weighted by molar-refractivity contribution is -0.163. The highest BCUT2D eigenvalue weighted by molar-refractivity contribution is 5.99. The first-order valence-electron chi connectivity index (χ1n) is 33.2. The Kier molecular flexibility index (Phi) is 27.8. The summed E-state index contributed by atoms with van der Waals surface area (Å²) in [5, 5.41) is 7.52. The molecule has 3 N–H and O–H groups in total. The third-order valence-corrected chi connectivity index (χ3v) is 15.1. The number of imidazole rings is 1. The van der Waals surface area contributed by atoms with Gasteiger partial charge >= 0.3 is 30.0 Å². The van der Waals surface area contributed by atoms with E-state index >= 15 is 4.79 Å². The number of hydrogen-bond donors (Lipinski definition) is 3. The summed E-state index contributed by atoms with van der Waals surface area (Å²) in [5.74, 6) is -10.5. The van der Waals surface area contributed by atoms with Crippen molar-refractivity contribution in [3.63, 3.8) is 0 Å². The Balaban J connectivity index is 1.31. The van der Waals surface area contributed by atoms with Gasteiger partial charge in [-0.1, -0.05) is 60.7 Å². The van der Waals surface area contributed by atoms with E-state index in [0.29, 0.717) is 74.2 Å². The lowest BCUT2D eigenvalue weighted by Gasteiger charge is -2.31. The minimum Gasteiger partial charge on any atom is -0.469 e. The molecule has 0 spiro atoms. The Bertz CT molecular complexity index is 3540. The van der Waals surface area contributed by atoms with Crippen LogP contribution in [0.4, 0.5) is 4.79 Å². The summed E-state index contributed by atoms with van der Waals surface area (Å²) in [4.78, 5) is 156. The number of carbonyl (C=O) groups is 10. The van der Waals surface area contributed by atoms with E-state index in [-0.39, 0.29) is 38.4 Å². The quantitative estimate of drug-likeness (QED) is 0.0282. The molecule has 2 aromatic carbocycles. The van der Waals surface area contributed by atoms with Gasteiger partial charge in [-0.2, -0.15) is 0 Å². The van der Waals surface area contributed by atoms with Crippen molar-refractivity contribution in [1.82, 2.24) is 45.0 Å². The molecule has 5 aromatic rings. The van der Waals surface area contributed by atoms with Crippen LogP contribution in [0.1, 0.15) is 158 Å². The van der Waals surface area contributed by atoms with Gasteiger partial charge in [-0.25, -0.2) is 14.8 Å². The van der Waals surface area contributed by atoms with Crippen molar-refractivity contribution in [1.29, 1.82) is 0 Å². The highest BCUT2D eigenvalue weighted by atomic mass is 16.6. The Hall–Kier alpha value is -9.04. The average Bonchev–Trinajstić information content (AvgIpc) is 1.59. The van der Waals surface area contributed by atoms with Crippen LogP contribution in [0.15, 0.2) is 89.7 Å². The normalized spacial score (nSPS) is 14.5. The Morgan fingerprint density at radius 3 is 1.73 bits per heavy atom. The number of likely N-dealkylation sites (N-methyl/N-ethyl adjacent to an activating group) is 1. The van der Waals surface area contributed by atoms with E-state index in [0.717, 1.165) is 11.1 Å². The third-order valence-electron chi connectivity index (χ3n) is 15.1. The molecule has 0 bridgehead atoms. The van der Waals surface area contributed by atoms with E-state index in [4.69, 9.17) is 42.8 Å². The molecule has 0 aliphatic carbocycles. The number of nitrogens with one attached hydrogen (secondary N) is 3. The smallest absolute Gasteiger partial charge is 0.416 e. The van der Waals surface area contributed by atoms with Gasteiger partial charge < -0.3 is 63.4 Å². The maximum Gasteiger partial charge on any atom is 0.416 e. The molecular formula is C72H99N9O17. The summed E-state index contributed by atoms with van der Waals surface area (Å²) >= 11 is 0. The van der Waals surface area contributed by atoms with Crippen molar-refractivity contribution < 1.29 is 80.8 Å². The number of aromatic nitrogens is 3. The monoisotopic (exact) mass is 1360 g/mol. The molecule has 3 aromatic heterocycles. The van der Waals surface area contributed by atoms with Crippen molar-refractivity contribution in [3.8, 4) is 17.1 Å². The van der Waals surface area contributed by atoms with E-state index in [1.807, 2.05) is 60.7 Å². The molecule has 26 heteroatoms. The summed E-state index contributed by atoms with van der Waals surface area (Å²) in [6.07, 6.45) is 1.21. The molecule has 0 radical (unpaired) electrons. The summed E-state index contributed by atoms with van der Waals surface area (Å²) in [6, 6.07) is 17.5. The molecule has 1 aliphatic heterocycles. The van der Waals surface area contributed by atoms with Crippen LogP contribution in [0.25, 0.3) is 16.9 Å². The second kappa shape index (κ2) is 34.9. The number of ketones is 1. The van der Waals surface area contributed by atoms with Crippen molar-refractivity contribution in [3.05, 3.63) is 108 Å². The molecule has 5 atom stereocenters. The van der Waals surface area contributed by atoms with Crippen LogP contribution in [0, 0.1) is 11.8 Å². The van der Waals surface area contributed by atoms with Crippen LogP contribution in [-0.4, -0.2) is 189 Å². The van der Waals surface area contributed by atoms with Gasteiger partial charge in [-0.3, -0.25) is 47.7 Å². The number of rotatable bonds is 31. The number of benzene rings is 2. The van der Waals surface area contributed by atoms with E-state index < -0.39 is 137 Å². The molecule has 4 heterocycles. The number of morpholine rings is 1. The lowest BCUT2D eigenvalue weighted by Crippen LogP contribution is -2.60. The number of esters is 4. The highest BCUT2D eigenvalue weighted by Gasteiger charge is 2.41. The molecule has 534 valence electrons. The van der Waals surface area contributed by atoms with Gasteiger partial charge in [0.2, 0.25) is 29.5 Å². The maximum absolute atomic E-state index is 15.0. The highest BCUT2D eigenvalue weighted by Crippen LogP contribution is 2.31. The molecule has 6 rings (SSSR count). The molecule has 5 unspecified atom stereocenters. The van der Waals surface area contributed by atoms with Crippen molar-refractivity contribution in [2.45, 2.75) is 189 Å². The summed E-state index contributed by atoms with van der Waals surface area (Å²) in [7, 11) is 1.44. The van der Waals surface area contributed by atoms with Crippen LogP contribution in [0.3, 0.4) is 0 Å². The largest absolute Gasteiger partial charge is 0.469 e. The molecular weight excluding hydrogens is 1260 g/mol. The van der Waals surface area contributed by atoms with Crippen LogP contribution in [0.5, 0.6) is 5.88 Å².